The minimum Gasteiger partial charge on any atom is -0.426 e. The van der Waals surface area contributed by atoms with Crippen LogP contribution in [-0.2, 0) is 4.79 Å². The summed E-state index contributed by atoms with van der Waals surface area (Å²) in [7, 11) is 0. The van der Waals surface area contributed by atoms with Crippen molar-refractivity contribution in [1.29, 1.82) is 0 Å². The lowest BCUT2D eigenvalue weighted by Crippen LogP contribution is -2.04. The first-order valence-corrected chi connectivity index (χ1v) is 4.30. The number of carbonyl (C=O) groups is 2. The third-order valence-electron chi connectivity index (χ3n) is 2.16. The molecule has 0 unspecified atom stereocenters. The quantitative estimate of drug-likeness (QED) is 0.409. The zero-order valence-corrected chi connectivity index (χ0v) is 8.46. The Morgan fingerprint density at radius 1 is 1.29 bits per heavy atom. The van der Waals surface area contributed by atoms with Gasteiger partial charge in [0, 0.05) is 12.5 Å². The van der Waals surface area contributed by atoms with Crippen LogP contribution in [0.1, 0.15) is 28.4 Å². The van der Waals surface area contributed by atoms with Gasteiger partial charge in [-0.2, -0.15) is 0 Å². The maximum Gasteiger partial charge on any atom is 0.308 e. The number of ether oxygens (including phenoxy) is 1. The summed E-state index contributed by atoms with van der Waals surface area (Å²) in [4.78, 5) is 21.3. The van der Waals surface area contributed by atoms with Crippen molar-refractivity contribution in [3.8, 4) is 5.75 Å². The van der Waals surface area contributed by atoms with Gasteiger partial charge in [-0.1, -0.05) is 0 Å². The Balaban J connectivity index is 3.16. The van der Waals surface area contributed by atoms with Crippen molar-refractivity contribution in [2.75, 3.05) is 0 Å². The van der Waals surface area contributed by atoms with E-state index in [-0.39, 0.29) is 5.97 Å². The normalized spacial score (nSPS) is 9.64. The van der Waals surface area contributed by atoms with Gasteiger partial charge in [0.15, 0.2) is 0 Å². The second-order valence-corrected chi connectivity index (χ2v) is 3.11. The van der Waals surface area contributed by atoms with Gasteiger partial charge in [0.2, 0.25) is 0 Å². The second kappa shape index (κ2) is 4.05. The highest BCUT2D eigenvalue weighted by atomic mass is 16.5. The van der Waals surface area contributed by atoms with E-state index >= 15 is 0 Å². The van der Waals surface area contributed by atoms with Gasteiger partial charge in [0.25, 0.3) is 0 Å². The molecule has 0 spiro atoms. The molecule has 0 fully saturated rings. The lowest BCUT2D eigenvalue weighted by Gasteiger charge is -2.09. The van der Waals surface area contributed by atoms with Gasteiger partial charge >= 0.3 is 5.97 Å². The number of carbonyl (C=O) groups excluding carboxylic acids is 2. The molecule has 74 valence electrons. The van der Waals surface area contributed by atoms with Crippen LogP contribution in [0, 0.1) is 13.8 Å². The first-order chi connectivity index (χ1) is 6.56. The van der Waals surface area contributed by atoms with Crippen LogP contribution in [0.15, 0.2) is 12.1 Å². The standard InChI is InChI=1S/C11H12O3/c1-7-8(2)11(14-9(3)13)5-4-10(7)6-12/h4-6H,1-3H3. The number of rotatable bonds is 2. The summed E-state index contributed by atoms with van der Waals surface area (Å²) in [6.45, 7) is 5.00. The molecule has 0 N–H and O–H groups in total. The summed E-state index contributed by atoms with van der Waals surface area (Å²) in [5, 5.41) is 0. The summed E-state index contributed by atoms with van der Waals surface area (Å²) in [5.74, 6) is 0.159. The summed E-state index contributed by atoms with van der Waals surface area (Å²) in [6.07, 6.45) is 0.792. The minimum absolute atomic E-state index is 0.355. The first-order valence-electron chi connectivity index (χ1n) is 4.30. The van der Waals surface area contributed by atoms with Crippen LogP contribution >= 0.6 is 0 Å². The van der Waals surface area contributed by atoms with Crippen molar-refractivity contribution in [1.82, 2.24) is 0 Å². The van der Waals surface area contributed by atoms with Crippen molar-refractivity contribution >= 4 is 12.3 Å². The molecule has 1 aromatic rings. The van der Waals surface area contributed by atoms with Crippen LogP contribution < -0.4 is 4.74 Å². The highest BCUT2D eigenvalue weighted by Crippen LogP contribution is 2.23. The van der Waals surface area contributed by atoms with Crippen LogP contribution in [0.4, 0.5) is 0 Å². The van der Waals surface area contributed by atoms with Gasteiger partial charge in [0.05, 0.1) is 0 Å². The Morgan fingerprint density at radius 2 is 1.93 bits per heavy atom. The van der Waals surface area contributed by atoms with Gasteiger partial charge in [-0.15, -0.1) is 0 Å². The molecule has 0 heterocycles. The van der Waals surface area contributed by atoms with Gasteiger partial charge in [-0.3, -0.25) is 9.59 Å². The molecule has 0 atom stereocenters. The minimum atomic E-state index is -0.355. The summed E-state index contributed by atoms with van der Waals surface area (Å²) < 4.78 is 4.97. The highest BCUT2D eigenvalue weighted by molar-refractivity contribution is 5.79. The molecular weight excluding hydrogens is 180 g/mol. The average Bonchev–Trinajstić information content (AvgIpc) is 2.13. The van der Waals surface area contributed by atoms with Gasteiger partial charge < -0.3 is 4.74 Å². The van der Waals surface area contributed by atoms with Crippen LogP contribution in [-0.4, -0.2) is 12.3 Å². The van der Waals surface area contributed by atoms with Crippen molar-refractivity contribution in [2.24, 2.45) is 0 Å². The molecular formula is C11H12O3. The monoisotopic (exact) mass is 192 g/mol. The topological polar surface area (TPSA) is 43.4 Å². The SMILES string of the molecule is CC(=O)Oc1ccc(C=O)c(C)c1C. The average molecular weight is 192 g/mol. The number of hydrogen-bond donors (Lipinski definition) is 0. The smallest absolute Gasteiger partial charge is 0.308 e. The molecule has 0 aliphatic heterocycles. The molecule has 0 saturated heterocycles. The van der Waals surface area contributed by atoms with E-state index in [1.165, 1.54) is 6.92 Å². The number of hydrogen-bond acceptors (Lipinski definition) is 3. The molecule has 3 nitrogen and oxygen atoms in total. The fourth-order valence-corrected chi connectivity index (χ4v) is 1.21. The van der Waals surface area contributed by atoms with Crippen LogP contribution in [0.3, 0.4) is 0 Å². The number of benzene rings is 1. The summed E-state index contributed by atoms with van der Waals surface area (Å²) in [6, 6.07) is 3.28. The van der Waals surface area contributed by atoms with Crippen molar-refractivity contribution < 1.29 is 14.3 Å². The van der Waals surface area contributed by atoms with E-state index < -0.39 is 0 Å². The molecule has 0 aliphatic carbocycles. The number of aldehydes is 1. The predicted molar refractivity (Wildman–Crippen MR) is 52.6 cm³/mol. The Morgan fingerprint density at radius 3 is 2.43 bits per heavy atom. The third-order valence-corrected chi connectivity index (χ3v) is 2.16. The molecule has 0 amide bonds. The van der Waals surface area contributed by atoms with Gasteiger partial charge in [-0.25, -0.2) is 0 Å². The third kappa shape index (κ3) is 1.99. The summed E-state index contributed by atoms with van der Waals surface area (Å²) in [5.41, 5.74) is 2.29. The van der Waals surface area contributed by atoms with E-state index in [1.54, 1.807) is 12.1 Å². The molecule has 0 bridgehead atoms. The zero-order valence-electron chi connectivity index (χ0n) is 8.46. The van der Waals surface area contributed by atoms with E-state index in [2.05, 4.69) is 0 Å². The second-order valence-electron chi connectivity index (χ2n) is 3.11. The van der Waals surface area contributed by atoms with Gasteiger partial charge in [0.1, 0.15) is 12.0 Å². The molecule has 1 rings (SSSR count). The van der Waals surface area contributed by atoms with Crippen molar-refractivity contribution in [2.45, 2.75) is 20.8 Å². The van der Waals surface area contributed by atoms with Crippen LogP contribution in [0.2, 0.25) is 0 Å². The van der Waals surface area contributed by atoms with E-state index in [1.807, 2.05) is 13.8 Å². The first kappa shape index (κ1) is 10.4. The van der Waals surface area contributed by atoms with Crippen LogP contribution in [0.25, 0.3) is 0 Å². The molecule has 0 aliphatic rings. The molecule has 1 aromatic carbocycles. The van der Waals surface area contributed by atoms with E-state index in [4.69, 9.17) is 4.74 Å². The van der Waals surface area contributed by atoms with Gasteiger partial charge in [-0.05, 0) is 37.1 Å². The lowest BCUT2D eigenvalue weighted by atomic mass is 10.0. The summed E-state index contributed by atoms with van der Waals surface area (Å²) >= 11 is 0. The Hall–Kier alpha value is -1.64. The predicted octanol–water partition coefficient (Wildman–Crippen LogP) is 2.04. The molecule has 0 radical (unpaired) electrons. The van der Waals surface area contributed by atoms with Crippen LogP contribution in [0.5, 0.6) is 5.75 Å². The Labute approximate surface area is 82.7 Å². The van der Waals surface area contributed by atoms with E-state index in [0.29, 0.717) is 11.3 Å². The molecule has 0 saturated carbocycles. The Kier molecular flexibility index (Phi) is 3.02. The zero-order chi connectivity index (χ0) is 10.7. The Bertz CT molecular complexity index is 380. The van der Waals surface area contributed by atoms with Crippen molar-refractivity contribution in [3.63, 3.8) is 0 Å². The maximum atomic E-state index is 10.7. The van der Waals surface area contributed by atoms with E-state index in [0.717, 1.165) is 17.4 Å². The molecule has 3 heteroatoms. The molecule has 0 aromatic heterocycles. The van der Waals surface area contributed by atoms with Crippen molar-refractivity contribution in [3.05, 3.63) is 28.8 Å². The maximum absolute atomic E-state index is 10.7. The van der Waals surface area contributed by atoms with E-state index in [9.17, 15) is 9.59 Å². The largest absolute Gasteiger partial charge is 0.426 e. The fraction of sp³-hybridized carbons (Fsp3) is 0.273. The fourth-order valence-electron chi connectivity index (χ4n) is 1.21. The lowest BCUT2D eigenvalue weighted by molar-refractivity contribution is -0.131. The number of esters is 1. The molecule has 14 heavy (non-hydrogen) atoms. The highest BCUT2D eigenvalue weighted by Gasteiger charge is 2.07.